The molecule has 74 valence electrons. The number of carbonyl (C=O) groups is 1. The van der Waals surface area contributed by atoms with Crippen LogP contribution >= 0.6 is 11.3 Å². The summed E-state index contributed by atoms with van der Waals surface area (Å²) in [7, 11) is 0. The molecule has 0 saturated heterocycles. The minimum Gasteiger partial charge on any atom is -0.300 e. The molecular weight excluding hydrogens is 180 g/mol. The van der Waals surface area contributed by atoms with Crippen LogP contribution in [0.2, 0.25) is 0 Å². The lowest BCUT2D eigenvalue weighted by atomic mass is 10.2. The Hall–Kier alpha value is -0.630. The third-order valence-electron chi connectivity index (χ3n) is 1.56. The molecule has 1 nitrogen and oxygen atoms in total. The van der Waals surface area contributed by atoms with Crippen LogP contribution in [-0.4, -0.2) is 5.78 Å². The summed E-state index contributed by atoms with van der Waals surface area (Å²) in [6.07, 6.45) is 4.24. The van der Waals surface area contributed by atoms with Crippen molar-refractivity contribution < 1.29 is 4.79 Å². The molecule has 0 atom stereocenters. The maximum Gasteiger partial charge on any atom is 0.129 e. The van der Waals surface area contributed by atoms with Crippen molar-refractivity contribution in [2.75, 3.05) is 0 Å². The first-order valence-corrected chi connectivity index (χ1v) is 5.68. The number of Topliss-reactive ketones (excluding diaryl/α,β-unsaturated/α-hetero) is 1. The SMILES string of the molecule is CCCCCC(C)=O.c1ccsc1. The van der Waals surface area contributed by atoms with Gasteiger partial charge in [0, 0.05) is 6.42 Å². The lowest BCUT2D eigenvalue weighted by Gasteiger charge is -1.90. The maximum absolute atomic E-state index is 10.3. The highest BCUT2D eigenvalue weighted by Gasteiger charge is 1.89. The van der Waals surface area contributed by atoms with E-state index in [4.69, 9.17) is 0 Å². The van der Waals surface area contributed by atoms with Crippen molar-refractivity contribution in [1.82, 2.24) is 0 Å². The van der Waals surface area contributed by atoms with Crippen molar-refractivity contribution in [3.63, 3.8) is 0 Å². The Labute approximate surface area is 84.8 Å². The van der Waals surface area contributed by atoms with Crippen molar-refractivity contribution in [3.05, 3.63) is 22.9 Å². The maximum atomic E-state index is 10.3. The van der Waals surface area contributed by atoms with E-state index in [0.29, 0.717) is 5.78 Å². The molecule has 1 aromatic heterocycles. The van der Waals surface area contributed by atoms with E-state index in [1.54, 1.807) is 18.3 Å². The molecule has 0 unspecified atom stereocenters. The van der Waals surface area contributed by atoms with E-state index >= 15 is 0 Å². The number of rotatable bonds is 4. The highest BCUT2D eigenvalue weighted by atomic mass is 32.1. The van der Waals surface area contributed by atoms with Crippen LogP contribution in [0.4, 0.5) is 0 Å². The van der Waals surface area contributed by atoms with Crippen LogP contribution in [0.15, 0.2) is 22.9 Å². The molecule has 1 aromatic rings. The summed E-state index contributed by atoms with van der Waals surface area (Å²) < 4.78 is 0. The zero-order valence-electron chi connectivity index (χ0n) is 8.45. The molecule has 0 aliphatic heterocycles. The number of hydrogen-bond acceptors (Lipinski definition) is 2. The average Bonchev–Trinajstić information content (AvgIpc) is 2.61. The van der Waals surface area contributed by atoms with Gasteiger partial charge in [0.15, 0.2) is 0 Å². The molecule has 0 fully saturated rings. The van der Waals surface area contributed by atoms with Gasteiger partial charge in [-0.1, -0.05) is 31.9 Å². The van der Waals surface area contributed by atoms with E-state index in [1.165, 1.54) is 12.8 Å². The van der Waals surface area contributed by atoms with E-state index in [9.17, 15) is 4.79 Å². The molecule has 13 heavy (non-hydrogen) atoms. The van der Waals surface area contributed by atoms with E-state index in [0.717, 1.165) is 12.8 Å². The fourth-order valence-electron chi connectivity index (χ4n) is 0.851. The molecule has 0 radical (unpaired) electrons. The van der Waals surface area contributed by atoms with Crippen LogP contribution in [0.25, 0.3) is 0 Å². The molecule has 0 saturated carbocycles. The largest absolute Gasteiger partial charge is 0.300 e. The first kappa shape index (κ1) is 12.4. The Kier molecular flexibility index (Phi) is 9.00. The van der Waals surface area contributed by atoms with Crippen molar-refractivity contribution in [3.8, 4) is 0 Å². The minimum atomic E-state index is 0.318. The van der Waals surface area contributed by atoms with Crippen molar-refractivity contribution in [2.45, 2.75) is 39.5 Å². The number of ketones is 1. The van der Waals surface area contributed by atoms with Gasteiger partial charge in [-0.15, -0.1) is 0 Å². The highest BCUT2D eigenvalue weighted by Crippen LogP contribution is 1.98. The summed E-state index contributed by atoms with van der Waals surface area (Å²) in [5.74, 6) is 0.318. The van der Waals surface area contributed by atoms with Gasteiger partial charge in [0.1, 0.15) is 5.78 Å². The van der Waals surface area contributed by atoms with Gasteiger partial charge in [0.25, 0.3) is 0 Å². The minimum absolute atomic E-state index is 0.318. The van der Waals surface area contributed by atoms with E-state index in [-0.39, 0.29) is 0 Å². The topological polar surface area (TPSA) is 17.1 Å². The van der Waals surface area contributed by atoms with Crippen LogP contribution in [-0.2, 0) is 4.79 Å². The summed E-state index contributed by atoms with van der Waals surface area (Å²) in [4.78, 5) is 10.3. The second-order valence-corrected chi connectivity index (χ2v) is 3.77. The van der Waals surface area contributed by atoms with Crippen molar-refractivity contribution in [1.29, 1.82) is 0 Å². The zero-order valence-corrected chi connectivity index (χ0v) is 9.27. The average molecular weight is 198 g/mol. The third kappa shape index (κ3) is 11.4. The van der Waals surface area contributed by atoms with Gasteiger partial charge in [-0.3, -0.25) is 0 Å². The molecule has 0 aliphatic rings. The van der Waals surface area contributed by atoms with E-state index in [1.807, 2.05) is 22.9 Å². The van der Waals surface area contributed by atoms with Crippen molar-refractivity contribution >= 4 is 17.1 Å². The normalized spacial score (nSPS) is 8.77. The van der Waals surface area contributed by atoms with Gasteiger partial charge in [-0.05, 0) is 24.1 Å². The smallest absolute Gasteiger partial charge is 0.129 e. The van der Waals surface area contributed by atoms with Crippen LogP contribution in [0.1, 0.15) is 39.5 Å². The lowest BCUT2D eigenvalue weighted by molar-refractivity contribution is -0.117. The fraction of sp³-hybridized carbons (Fsp3) is 0.545. The number of hydrogen-bond donors (Lipinski definition) is 0. The number of carbonyl (C=O) groups excluding carboxylic acids is 1. The zero-order chi connectivity index (χ0) is 9.94. The summed E-state index contributed by atoms with van der Waals surface area (Å²) in [6, 6.07) is 4.04. The van der Waals surface area contributed by atoms with Crippen LogP contribution in [0.3, 0.4) is 0 Å². The number of thiophene rings is 1. The Morgan fingerprint density at radius 2 is 1.85 bits per heavy atom. The van der Waals surface area contributed by atoms with Crippen LogP contribution < -0.4 is 0 Å². The summed E-state index contributed by atoms with van der Waals surface area (Å²) in [5.41, 5.74) is 0. The lowest BCUT2D eigenvalue weighted by Crippen LogP contribution is -1.87. The summed E-state index contributed by atoms with van der Waals surface area (Å²) in [5, 5.41) is 4.08. The molecule has 0 aliphatic carbocycles. The number of unbranched alkanes of at least 4 members (excludes halogenated alkanes) is 2. The second-order valence-electron chi connectivity index (χ2n) is 2.95. The fourth-order valence-corrected chi connectivity index (χ4v) is 1.30. The van der Waals surface area contributed by atoms with E-state index < -0.39 is 0 Å². The molecule has 0 N–H and O–H groups in total. The van der Waals surface area contributed by atoms with E-state index in [2.05, 4.69) is 6.92 Å². The van der Waals surface area contributed by atoms with Gasteiger partial charge in [-0.25, -0.2) is 0 Å². The quantitative estimate of drug-likeness (QED) is 0.670. The molecular formula is C11H18OS. The molecule has 2 heteroatoms. The Bertz CT molecular complexity index is 175. The van der Waals surface area contributed by atoms with Gasteiger partial charge in [-0.2, -0.15) is 11.3 Å². The molecule has 1 rings (SSSR count). The monoisotopic (exact) mass is 198 g/mol. The predicted octanol–water partition coefficient (Wildman–Crippen LogP) is 3.90. The van der Waals surface area contributed by atoms with Gasteiger partial charge in [0.05, 0.1) is 0 Å². The van der Waals surface area contributed by atoms with Crippen molar-refractivity contribution in [2.24, 2.45) is 0 Å². The van der Waals surface area contributed by atoms with Gasteiger partial charge >= 0.3 is 0 Å². The first-order chi connectivity index (χ1) is 6.27. The molecule has 0 spiro atoms. The summed E-state index contributed by atoms with van der Waals surface area (Å²) >= 11 is 1.71. The summed E-state index contributed by atoms with van der Waals surface area (Å²) in [6.45, 7) is 3.79. The van der Waals surface area contributed by atoms with Crippen LogP contribution in [0.5, 0.6) is 0 Å². The van der Waals surface area contributed by atoms with Gasteiger partial charge < -0.3 is 4.79 Å². The molecule has 0 aromatic carbocycles. The third-order valence-corrected chi connectivity index (χ3v) is 2.19. The Morgan fingerprint density at radius 3 is 2.15 bits per heavy atom. The standard InChI is InChI=1S/C7H14O.C4H4S/c1-3-4-5-6-7(2)8;1-2-4-5-3-1/h3-6H2,1-2H3;1-4H. The predicted molar refractivity (Wildman–Crippen MR) is 59.1 cm³/mol. The molecule has 0 bridgehead atoms. The highest BCUT2D eigenvalue weighted by molar-refractivity contribution is 7.07. The van der Waals surface area contributed by atoms with Gasteiger partial charge in [0.2, 0.25) is 0 Å². The van der Waals surface area contributed by atoms with Crippen LogP contribution in [0, 0.1) is 0 Å². The Balaban J connectivity index is 0.000000243. The Morgan fingerprint density at radius 1 is 1.23 bits per heavy atom. The molecule has 1 heterocycles. The first-order valence-electron chi connectivity index (χ1n) is 4.74. The second kappa shape index (κ2) is 9.46. The molecule has 0 amide bonds.